The number of nitrogens with one attached hydrogen (secondary N) is 1. The summed E-state index contributed by atoms with van der Waals surface area (Å²) in [6.45, 7) is 0. The summed E-state index contributed by atoms with van der Waals surface area (Å²) in [5, 5.41) is 0.490. The van der Waals surface area contributed by atoms with E-state index in [0.29, 0.717) is 11.7 Å². The molecule has 6 heteroatoms. The van der Waals surface area contributed by atoms with E-state index in [9.17, 15) is 18.0 Å². The Morgan fingerprint density at radius 1 is 1.31 bits per heavy atom. The molecule has 0 bridgehead atoms. The number of aromatic amines is 1. The van der Waals surface area contributed by atoms with Gasteiger partial charge in [0.15, 0.2) is 12.0 Å². The second-order valence-corrected chi connectivity index (χ2v) is 3.11. The number of carbonyl (C=O) groups is 1. The van der Waals surface area contributed by atoms with E-state index in [-0.39, 0.29) is 17.0 Å². The van der Waals surface area contributed by atoms with Crippen molar-refractivity contribution in [3.63, 3.8) is 0 Å². The van der Waals surface area contributed by atoms with Gasteiger partial charge in [0.2, 0.25) is 0 Å². The van der Waals surface area contributed by atoms with Gasteiger partial charge in [0.25, 0.3) is 0 Å². The maximum Gasteiger partial charge on any atom is 0.573 e. The van der Waals surface area contributed by atoms with Crippen molar-refractivity contribution in [1.82, 2.24) is 4.98 Å². The number of carbonyl (C=O) groups excluding carboxylic acids is 1. The second-order valence-electron chi connectivity index (χ2n) is 3.11. The van der Waals surface area contributed by atoms with E-state index in [1.54, 1.807) is 6.07 Å². The summed E-state index contributed by atoms with van der Waals surface area (Å²) in [6, 6.07) is 5.64. The summed E-state index contributed by atoms with van der Waals surface area (Å²) in [6.07, 6.45) is -4.22. The summed E-state index contributed by atoms with van der Waals surface area (Å²) < 4.78 is 40.0. The number of para-hydroxylation sites is 1. The molecular weight excluding hydrogens is 223 g/mol. The predicted molar refractivity (Wildman–Crippen MR) is 50.4 cm³/mol. The lowest BCUT2D eigenvalue weighted by Crippen LogP contribution is -2.17. The molecule has 84 valence electrons. The van der Waals surface area contributed by atoms with E-state index in [1.165, 1.54) is 18.2 Å². The molecule has 0 amide bonds. The Labute approximate surface area is 87.8 Å². The molecule has 0 aliphatic heterocycles. The van der Waals surface area contributed by atoms with Crippen LogP contribution in [0.15, 0.2) is 24.3 Å². The summed E-state index contributed by atoms with van der Waals surface area (Å²) in [7, 11) is 0. The van der Waals surface area contributed by atoms with Crippen LogP contribution in [0.3, 0.4) is 0 Å². The largest absolute Gasteiger partial charge is 0.573 e. The van der Waals surface area contributed by atoms with E-state index < -0.39 is 6.36 Å². The smallest absolute Gasteiger partial charge is 0.404 e. The topological polar surface area (TPSA) is 42.1 Å². The minimum absolute atomic E-state index is 0.155. The number of aromatic nitrogens is 1. The van der Waals surface area contributed by atoms with Gasteiger partial charge in [0, 0.05) is 5.39 Å². The third-order valence-electron chi connectivity index (χ3n) is 1.99. The molecule has 0 aliphatic rings. The van der Waals surface area contributed by atoms with Gasteiger partial charge in [0.1, 0.15) is 0 Å². The van der Waals surface area contributed by atoms with Gasteiger partial charge in [-0.15, -0.1) is 13.2 Å². The maximum absolute atomic E-state index is 12.1. The van der Waals surface area contributed by atoms with Crippen molar-refractivity contribution >= 4 is 17.2 Å². The molecule has 0 radical (unpaired) electrons. The summed E-state index contributed by atoms with van der Waals surface area (Å²) in [5.74, 6) is -0.349. The summed E-state index contributed by atoms with van der Waals surface area (Å²) in [5.41, 5.74) is 0.357. The van der Waals surface area contributed by atoms with Gasteiger partial charge in [-0.3, -0.25) is 4.79 Å². The SMILES string of the molecule is O=Cc1cc2cccc(OC(F)(F)F)c2[nH]1. The first-order valence-electron chi connectivity index (χ1n) is 4.32. The zero-order valence-electron chi connectivity index (χ0n) is 7.84. The van der Waals surface area contributed by atoms with Crippen LogP contribution in [0.5, 0.6) is 5.75 Å². The van der Waals surface area contributed by atoms with Gasteiger partial charge in [-0.25, -0.2) is 0 Å². The molecule has 0 unspecified atom stereocenters. The number of H-pyrrole nitrogens is 1. The van der Waals surface area contributed by atoms with Gasteiger partial charge >= 0.3 is 6.36 Å². The van der Waals surface area contributed by atoms with Crippen LogP contribution in [0.4, 0.5) is 13.2 Å². The molecule has 0 fully saturated rings. The van der Waals surface area contributed by atoms with Crippen molar-refractivity contribution in [2.45, 2.75) is 6.36 Å². The molecule has 1 aromatic carbocycles. The zero-order chi connectivity index (χ0) is 11.8. The Bertz CT molecular complexity index is 530. The fraction of sp³-hybridized carbons (Fsp3) is 0.100. The minimum atomic E-state index is -4.75. The lowest BCUT2D eigenvalue weighted by atomic mass is 10.2. The number of ether oxygens (including phenoxy) is 1. The number of fused-ring (bicyclic) bond motifs is 1. The van der Waals surface area contributed by atoms with Crippen molar-refractivity contribution in [2.24, 2.45) is 0 Å². The van der Waals surface area contributed by atoms with E-state index in [4.69, 9.17) is 0 Å². The fourth-order valence-corrected chi connectivity index (χ4v) is 1.42. The van der Waals surface area contributed by atoms with Crippen molar-refractivity contribution in [3.05, 3.63) is 30.0 Å². The molecule has 0 saturated heterocycles. The number of hydrogen-bond donors (Lipinski definition) is 1. The molecule has 2 rings (SSSR count). The first-order chi connectivity index (χ1) is 7.49. The van der Waals surface area contributed by atoms with Gasteiger partial charge in [-0.1, -0.05) is 12.1 Å². The van der Waals surface area contributed by atoms with E-state index in [2.05, 4.69) is 9.72 Å². The molecule has 0 atom stereocenters. The van der Waals surface area contributed by atoms with Gasteiger partial charge in [0.05, 0.1) is 11.2 Å². The number of hydrogen-bond acceptors (Lipinski definition) is 2. The Hall–Kier alpha value is -1.98. The molecule has 1 N–H and O–H groups in total. The van der Waals surface area contributed by atoms with Crippen LogP contribution < -0.4 is 4.74 Å². The second kappa shape index (κ2) is 3.55. The van der Waals surface area contributed by atoms with Crippen LogP contribution in [-0.2, 0) is 0 Å². The zero-order valence-corrected chi connectivity index (χ0v) is 7.84. The van der Waals surface area contributed by atoms with Crippen LogP contribution in [0.1, 0.15) is 10.5 Å². The van der Waals surface area contributed by atoms with E-state index in [1.807, 2.05) is 0 Å². The molecular formula is C10H6F3NO2. The van der Waals surface area contributed by atoms with Crippen LogP contribution in [0.2, 0.25) is 0 Å². The van der Waals surface area contributed by atoms with Gasteiger partial charge in [-0.2, -0.15) is 0 Å². The number of alkyl halides is 3. The van der Waals surface area contributed by atoms with Crippen LogP contribution in [0.25, 0.3) is 10.9 Å². The van der Waals surface area contributed by atoms with Crippen molar-refractivity contribution in [2.75, 3.05) is 0 Å². The summed E-state index contributed by atoms with van der Waals surface area (Å²) in [4.78, 5) is 13.0. The predicted octanol–water partition coefficient (Wildman–Crippen LogP) is 2.88. The van der Waals surface area contributed by atoms with Crippen molar-refractivity contribution in [3.8, 4) is 5.75 Å². The number of benzene rings is 1. The Morgan fingerprint density at radius 2 is 2.06 bits per heavy atom. The van der Waals surface area contributed by atoms with E-state index in [0.717, 1.165) is 0 Å². The molecule has 1 heterocycles. The molecule has 0 saturated carbocycles. The van der Waals surface area contributed by atoms with Crippen molar-refractivity contribution in [1.29, 1.82) is 0 Å². The number of aldehydes is 1. The molecule has 3 nitrogen and oxygen atoms in total. The molecule has 0 aliphatic carbocycles. The van der Waals surface area contributed by atoms with Crippen LogP contribution in [-0.4, -0.2) is 17.6 Å². The average molecular weight is 229 g/mol. The molecule has 0 spiro atoms. The van der Waals surface area contributed by atoms with Crippen molar-refractivity contribution < 1.29 is 22.7 Å². The highest BCUT2D eigenvalue weighted by Gasteiger charge is 2.32. The van der Waals surface area contributed by atoms with Gasteiger partial charge < -0.3 is 9.72 Å². The molecule has 16 heavy (non-hydrogen) atoms. The highest BCUT2D eigenvalue weighted by molar-refractivity contribution is 5.91. The maximum atomic E-state index is 12.1. The number of halogens is 3. The Morgan fingerprint density at radius 3 is 2.69 bits per heavy atom. The first kappa shape index (κ1) is 10.5. The summed E-state index contributed by atoms with van der Waals surface area (Å²) >= 11 is 0. The lowest BCUT2D eigenvalue weighted by Gasteiger charge is -2.09. The molecule has 2 aromatic rings. The Kier molecular flexibility index (Phi) is 2.34. The fourth-order valence-electron chi connectivity index (χ4n) is 1.42. The lowest BCUT2D eigenvalue weighted by molar-refractivity contribution is -0.274. The van der Waals surface area contributed by atoms with Crippen LogP contribution in [0, 0.1) is 0 Å². The Balaban J connectivity index is 2.52. The standard InChI is InChI=1S/C10H6F3NO2/c11-10(12,13)16-8-3-1-2-6-4-7(5-15)14-9(6)8/h1-5,14H. The minimum Gasteiger partial charge on any atom is -0.404 e. The first-order valence-corrected chi connectivity index (χ1v) is 4.32. The molecule has 1 aromatic heterocycles. The van der Waals surface area contributed by atoms with Gasteiger partial charge in [-0.05, 0) is 12.1 Å². The number of rotatable bonds is 2. The quantitative estimate of drug-likeness (QED) is 0.804. The van der Waals surface area contributed by atoms with E-state index >= 15 is 0 Å². The monoisotopic (exact) mass is 229 g/mol. The highest BCUT2D eigenvalue weighted by Crippen LogP contribution is 2.30. The third-order valence-corrected chi connectivity index (χ3v) is 1.99. The average Bonchev–Trinajstić information content (AvgIpc) is 2.59. The van der Waals surface area contributed by atoms with Crippen LogP contribution >= 0.6 is 0 Å². The normalized spacial score (nSPS) is 11.7. The highest BCUT2D eigenvalue weighted by atomic mass is 19.4. The third kappa shape index (κ3) is 2.00.